The Labute approximate surface area is 169 Å². The number of esters is 1. The minimum atomic E-state index is -0.563. The van der Waals surface area contributed by atoms with Gasteiger partial charge in [0.25, 0.3) is 0 Å². The fourth-order valence-corrected chi connectivity index (χ4v) is 4.27. The molecule has 0 fully saturated rings. The number of hydrogen-bond acceptors (Lipinski definition) is 6. The molecule has 2 aromatic rings. The number of amides is 1. The summed E-state index contributed by atoms with van der Waals surface area (Å²) in [6.45, 7) is 0.138. The number of rotatable bonds is 4. The van der Waals surface area contributed by atoms with E-state index < -0.39 is 11.2 Å². The molecule has 2 heterocycles. The van der Waals surface area contributed by atoms with E-state index in [1.165, 1.54) is 11.8 Å². The van der Waals surface area contributed by atoms with E-state index in [9.17, 15) is 9.59 Å². The van der Waals surface area contributed by atoms with Crippen molar-refractivity contribution < 1.29 is 23.8 Å². The Hall–Kier alpha value is -2.09. The highest BCUT2D eigenvalue weighted by Crippen LogP contribution is 2.40. The zero-order valence-electron chi connectivity index (χ0n) is 13.8. The van der Waals surface area contributed by atoms with E-state index in [2.05, 4.69) is 5.32 Å². The number of nitrogens with one attached hydrogen (secondary N) is 1. The molecule has 1 N–H and O–H groups in total. The summed E-state index contributed by atoms with van der Waals surface area (Å²) >= 11 is 13.4. The zero-order chi connectivity index (χ0) is 19.0. The van der Waals surface area contributed by atoms with Crippen LogP contribution in [0.1, 0.15) is 12.0 Å². The van der Waals surface area contributed by atoms with Gasteiger partial charge >= 0.3 is 5.97 Å². The average Bonchev–Trinajstić information content (AvgIpc) is 3.10. The van der Waals surface area contributed by atoms with Gasteiger partial charge in [0.1, 0.15) is 6.61 Å². The van der Waals surface area contributed by atoms with Gasteiger partial charge in [-0.1, -0.05) is 23.2 Å². The quantitative estimate of drug-likeness (QED) is 0.737. The van der Waals surface area contributed by atoms with Gasteiger partial charge in [-0.3, -0.25) is 9.59 Å². The van der Waals surface area contributed by atoms with E-state index in [0.717, 1.165) is 4.90 Å². The lowest BCUT2D eigenvalue weighted by Gasteiger charge is -2.23. The van der Waals surface area contributed by atoms with E-state index >= 15 is 0 Å². The number of halogens is 2. The van der Waals surface area contributed by atoms with Gasteiger partial charge in [-0.25, -0.2) is 0 Å². The van der Waals surface area contributed by atoms with Crippen LogP contribution in [-0.2, 0) is 20.9 Å². The van der Waals surface area contributed by atoms with Gasteiger partial charge in [-0.15, -0.1) is 11.8 Å². The number of anilines is 1. The molecule has 27 heavy (non-hydrogen) atoms. The Bertz CT molecular complexity index is 936. The highest BCUT2D eigenvalue weighted by molar-refractivity contribution is 8.01. The molecule has 0 saturated carbocycles. The summed E-state index contributed by atoms with van der Waals surface area (Å²) in [5.41, 5.74) is 1.33. The second-order valence-electron chi connectivity index (χ2n) is 5.91. The predicted octanol–water partition coefficient (Wildman–Crippen LogP) is 4.27. The van der Waals surface area contributed by atoms with Crippen LogP contribution in [0.5, 0.6) is 11.5 Å². The molecule has 2 aliphatic heterocycles. The maximum absolute atomic E-state index is 12.2. The number of ether oxygens (including phenoxy) is 3. The first-order chi connectivity index (χ1) is 13.0. The van der Waals surface area contributed by atoms with Gasteiger partial charge in [0.2, 0.25) is 12.7 Å². The predicted molar refractivity (Wildman–Crippen MR) is 102 cm³/mol. The number of carbonyl (C=O) groups is 2. The summed E-state index contributed by atoms with van der Waals surface area (Å²) in [5.74, 6) is 0.276. The molecular formula is C18H13Cl2NO5S. The van der Waals surface area contributed by atoms with Gasteiger partial charge in [-0.2, -0.15) is 0 Å². The van der Waals surface area contributed by atoms with Crippen molar-refractivity contribution in [3.05, 3.63) is 45.9 Å². The molecule has 1 atom stereocenters. The maximum atomic E-state index is 12.2. The molecule has 0 bridgehead atoms. The molecular weight excluding hydrogens is 413 g/mol. The first kappa shape index (κ1) is 18.3. The summed E-state index contributed by atoms with van der Waals surface area (Å²) in [6, 6.07) is 8.60. The Kier molecular flexibility index (Phi) is 5.08. The Morgan fingerprint density at radius 1 is 1.26 bits per heavy atom. The van der Waals surface area contributed by atoms with Crippen molar-refractivity contribution in [2.75, 3.05) is 12.1 Å². The van der Waals surface area contributed by atoms with Crippen molar-refractivity contribution in [3.8, 4) is 11.5 Å². The van der Waals surface area contributed by atoms with Crippen LogP contribution in [0.4, 0.5) is 5.69 Å². The van der Waals surface area contributed by atoms with Crippen LogP contribution < -0.4 is 14.8 Å². The standard InChI is InChI=1S/C18H13Cl2NO5S/c19-10-1-2-14-12(5-10)21-18(23)15(27-14)6-16(22)24-7-9-3-11(20)17-13(4-9)25-8-26-17/h1-5,15H,6-8H2,(H,21,23)/t15-/m0/s1. The van der Waals surface area contributed by atoms with Crippen LogP contribution in [-0.4, -0.2) is 23.9 Å². The molecule has 0 aromatic heterocycles. The molecule has 0 spiro atoms. The van der Waals surface area contributed by atoms with Crippen LogP contribution >= 0.6 is 35.0 Å². The minimum Gasteiger partial charge on any atom is -0.461 e. The molecule has 0 aliphatic carbocycles. The summed E-state index contributed by atoms with van der Waals surface area (Å²) in [7, 11) is 0. The number of carbonyl (C=O) groups excluding carboxylic acids is 2. The average molecular weight is 426 g/mol. The lowest BCUT2D eigenvalue weighted by molar-refractivity contribution is -0.145. The molecule has 6 nitrogen and oxygen atoms in total. The molecule has 4 rings (SSSR count). The summed E-state index contributed by atoms with van der Waals surface area (Å²) in [5, 5.41) is 3.14. The number of thioether (sulfide) groups is 1. The lowest BCUT2D eigenvalue weighted by atomic mass is 10.2. The molecule has 0 unspecified atom stereocenters. The SMILES string of the molecule is O=C(C[C@@H]1Sc2ccc(Cl)cc2NC1=O)OCc1cc(Cl)c2c(c1)OCO2. The molecule has 140 valence electrons. The normalized spacial score (nSPS) is 17.3. The van der Waals surface area contributed by atoms with Crippen molar-refractivity contribution in [3.63, 3.8) is 0 Å². The summed E-state index contributed by atoms with van der Waals surface area (Å²) in [4.78, 5) is 25.3. The maximum Gasteiger partial charge on any atom is 0.307 e. The molecule has 0 saturated heterocycles. The van der Waals surface area contributed by atoms with Crippen molar-refractivity contribution in [1.82, 2.24) is 0 Å². The monoisotopic (exact) mass is 425 g/mol. The number of hydrogen-bond donors (Lipinski definition) is 1. The highest BCUT2D eigenvalue weighted by Gasteiger charge is 2.30. The first-order valence-corrected chi connectivity index (χ1v) is 9.64. The lowest BCUT2D eigenvalue weighted by Crippen LogP contribution is -2.31. The fourth-order valence-electron chi connectivity index (χ4n) is 2.74. The third-order valence-electron chi connectivity index (χ3n) is 4.00. The third kappa shape index (κ3) is 3.95. The van der Waals surface area contributed by atoms with Crippen molar-refractivity contribution in [2.24, 2.45) is 0 Å². The summed E-state index contributed by atoms with van der Waals surface area (Å²) in [6.07, 6.45) is -0.0448. The van der Waals surface area contributed by atoms with Gasteiger partial charge in [-0.05, 0) is 35.9 Å². The van der Waals surface area contributed by atoms with Gasteiger partial charge in [0.05, 0.1) is 22.4 Å². The van der Waals surface area contributed by atoms with Crippen LogP contribution in [0, 0.1) is 0 Å². The smallest absolute Gasteiger partial charge is 0.307 e. The number of fused-ring (bicyclic) bond motifs is 2. The van der Waals surface area contributed by atoms with E-state index in [1.54, 1.807) is 24.3 Å². The van der Waals surface area contributed by atoms with Crippen molar-refractivity contribution in [1.29, 1.82) is 0 Å². The first-order valence-electron chi connectivity index (χ1n) is 8.00. The minimum absolute atomic E-state index is 0.0282. The van der Waals surface area contributed by atoms with Crippen molar-refractivity contribution >= 4 is 52.5 Å². The highest BCUT2D eigenvalue weighted by atomic mass is 35.5. The van der Waals surface area contributed by atoms with E-state index in [-0.39, 0.29) is 25.7 Å². The Morgan fingerprint density at radius 2 is 2.11 bits per heavy atom. The van der Waals surface area contributed by atoms with Gasteiger partial charge < -0.3 is 19.5 Å². The second-order valence-corrected chi connectivity index (χ2v) is 8.00. The van der Waals surface area contributed by atoms with Crippen LogP contribution in [0.2, 0.25) is 10.0 Å². The topological polar surface area (TPSA) is 73.9 Å². The zero-order valence-corrected chi connectivity index (χ0v) is 16.1. The van der Waals surface area contributed by atoms with E-state index in [0.29, 0.717) is 32.8 Å². The molecule has 0 radical (unpaired) electrons. The van der Waals surface area contributed by atoms with Gasteiger partial charge in [0, 0.05) is 9.92 Å². The van der Waals surface area contributed by atoms with Crippen LogP contribution in [0.25, 0.3) is 0 Å². The summed E-state index contributed by atoms with van der Waals surface area (Å²) < 4.78 is 15.8. The van der Waals surface area contributed by atoms with E-state index in [1.807, 2.05) is 6.07 Å². The van der Waals surface area contributed by atoms with Crippen LogP contribution in [0.15, 0.2) is 35.2 Å². The Morgan fingerprint density at radius 3 is 2.96 bits per heavy atom. The molecule has 1 amide bonds. The number of benzene rings is 2. The third-order valence-corrected chi connectivity index (χ3v) is 5.79. The molecule has 9 heteroatoms. The van der Waals surface area contributed by atoms with E-state index in [4.69, 9.17) is 37.4 Å². The fraction of sp³-hybridized carbons (Fsp3) is 0.222. The second kappa shape index (κ2) is 7.50. The largest absolute Gasteiger partial charge is 0.461 e. The molecule has 2 aliphatic rings. The van der Waals surface area contributed by atoms with Gasteiger partial charge in [0.15, 0.2) is 11.5 Å². The molecule has 2 aromatic carbocycles. The van der Waals surface area contributed by atoms with Crippen molar-refractivity contribution in [2.45, 2.75) is 23.2 Å². The Balaban J connectivity index is 1.36. The van der Waals surface area contributed by atoms with Crippen LogP contribution in [0.3, 0.4) is 0 Å².